The van der Waals surface area contributed by atoms with Gasteiger partial charge < -0.3 is 10.2 Å². The smallest absolute Gasteiger partial charge is 0.242 e. The summed E-state index contributed by atoms with van der Waals surface area (Å²) in [6.07, 6.45) is 3.61. The van der Waals surface area contributed by atoms with Crippen LogP contribution in [0.5, 0.6) is 0 Å². The summed E-state index contributed by atoms with van der Waals surface area (Å²) in [5, 5.41) is 7.92. The molecule has 154 valence electrons. The molecule has 1 saturated heterocycles. The predicted molar refractivity (Wildman–Crippen MR) is 114 cm³/mol. The fraction of sp³-hybridized carbons (Fsp3) is 0.400. The van der Waals surface area contributed by atoms with Gasteiger partial charge in [0.25, 0.3) is 0 Å². The van der Waals surface area contributed by atoms with E-state index in [4.69, 9.17) is 4.98 Å². The highest BCUT2D eigenvalue weighted by molar-refractivity contribution is 7.89. The maximum atomic E-state index is 12.3. The molecule has 1 aliphatic heterocycles. The highest BCUT2D eigenvalue weighted by Crippen LogP contribution is 2.26. The van der Waals surface area contributed by atoms with Gasteiger partial charge in [0.05, 0.1) is 10.6 Å². The Morgan fingerprint density at radius 1 is 1.03 bits per heavy atom. The van der Waals surface area contributed by atoms with Gasteiger partial charge in [-0.2, -0.15) is 9.61 Å². The Hall–Kier alpha value is -2.65. The number of hydrogen-bond acceptors (Lipinski definition) is 6. The number of aryl methyl sites for hydroxylation is 1. The Morgan fingerprint density at radius 3 is 2.38 bits per heavy atom. The number of rotatable bonds is 5. The second-order valence-electron chi connectivity index (χ2n) is 7.54. The van der Waals surface area contributed by atoms with Gasteiger partial charge in [-0.05, 0) is 50.5 Å². The first-order valence-corrected chi connectivity index (χ1v) is 11.2. The maximum absolute atomic E-state index is 12.3. The van der Waals surface area contributed by atoms with Gasteiger partial charge in [-0.15, -0.1) is 0 Å². The molecule has 9 heteroatoms. The highest BCUT2D eigenvalue weighted by Gasteiger charge is 2.18. The third-order valence-electron chi connectivity index (χ3n) is 5.12. The van der Waals surface area contributed by atoms with Crippen molar-refractivity contribution in [2.45, 2.75) is 31.1 Å². The van der Waals surface area contributed by atoms with Crippen LogP contribution in [0, 0.1) is 6.92 Å². The Balaban J connectivity index is 1.68. The molecule has 29 heavy (non-hydrogen) atoms. The largest absolute Gasteiger partial charge is 0.356 e. The Morgan fingerprint density at radius 2 is 1.72 bits per heavy atom. The van der Waals surface area contributed by atoms with Gasteiger partial charge in [0, 0.05) is 45.0 Å². The summed E-state index contributed by atoms with van der Waals surface area (Å²) in [5.41, 5.74) is 2.47. The van der Waals surface area contributed by atoms with Crippen molar-refractivity contribution in [2.24, 2.45) is 0 Å². The number of anilines is 3. The minimum Gasteiger partial charge on any atom is -0.356 e. The molecule has 3 aromatic rings. The lowest BCUT2D eigenvalue weighted by atomic mass is 10.1. The van der Waals surface area contributed by atoms with Crippen molar-refractivity contribution in [3.8, 4) is 0 Å². The molecule has 0 unspecified atom stereocenters. The third-order valence-corrected chi connectivity index (χ3v) is 6.95. The van der Waals surface area contributed by atoms with Crippen LogP contribution in [0.15, 0.2) is 41.3 Å². The van der Waals surface area contributed by atoms with E-state index in [0.29, 0.717) is 0 Å². The number of nitrogens with one attached hydrogen (secondary N) is 1. The summed E-state index contributed by atoms with van der Waals surface area (Å²) >= 11 is 0. The standard InChI is InChI=1S/C20H26N6O2S/c1-15-13-19-22-18(25-11-5-4-6-12-25)14-20(26(19)23-15)21-16-7-9-17(10-8-16)29(27,28)24(2)3/h7-10,13-14,21H,4-6,11-12H2,1-3H3. The van der Waals surface area contributed by atoms with Gasteiger partial charge in [0.15, 0.2) is 5.65 Å². The van der Waals surface area contributed by atoms with E-state index in [1.165, 1.54) is 37.7 Å². The number of fused-ring (bicyclic) bond motifs is 1. The summed E-state index contributed by atoms with van der Waals surface area (Å²) in [6, 6.07) is 10.7. The molecule has 1 fully saturated rings. The molecule has 8 nitrogen and oxygen atoms in total. The van der Waals surface area contributed by atoms with E-state index < -0.39 is 10.0 Å². The van der Waals surface area contributed by atoms with Crippen molar-refractivity contribution in [1.82, 2.24) is 18.9 Å². The second-order valence-corrected chi connectivity index (χ2v) is 9.69. The molecule has 0 saturated carbocycles. The molecule has 1 aromatic carbocycles. The van der Waals surface area contributed by atoms with Crippen LogP contribution in [0.3, 0.4) is 0 Å². The third kappa shape index (κ3) is 3.92. The van der Waals surface area contributed by atoms with Gasteiger partial charge in [0.1, 0.15) is 11.6 Å². The summed E-state index contributed by atoms with van der Waals surface area (Å²) in [4.78, 5) is 7.36. The zero-order chi connectivity index (χ0) is 20.6. The summed E-state index contributed by atoms with van der Waals surface area (Å²) in [7, 11) is -0.397. The molecule has 3 heterocycles. The van der Waals surface area contributed by atoms with Gasteiger partial charge in [0.2, 0.25) is 10.0 Å². The van der Waals surface area contributed by atoms with E-state index in [-0.39, 0.29) is 4.90 Å². The van der Waals surface area contributed by atoms with Crippen molar-refractivity contribution in [3.05, 3.63) is 42.1 Å². The van der Waals surface area contributed by atoms with E-state index >= 15 is 0 Å². The number of hydrogen-bond donors (Lipinski definition) is 1. The van der Waals surface area contributed by atoms with E-state index in [0.717, 1.165) is 41.8 Å². The number of aromatic nitrogens is 3. The summed E-state index contributed by atoms with van der Waals surface area (Å²) in [5.74, 6) is 1.73. The lowest BCUT2D eigenvalue weighted by Crippen LogP contribution is -2.30. The maximum Gasteiger partial charge on any atom is 0.242 e. The number of benzene rings is 1. The summed E-state index contributed by atoms with van der Waals surface area (Å²) in [6.45, 7) is 3.96. The van der Waals surface area contributed by atoms with E-state index in [1.807, 2.05) is 19.1 Å². The van der Waals surface area contributed by atoms with Gasteiger partial charge in [-0.3, -0.25) is 0 Å². The van der Waals surface area contributed by atoms with E-state index in [1.54, 1.807) is 28.8 Å². The molecule has 0 aliphatic carbocycles. The van der Waals surface area contributed by atoms with Crippen LogP contribution in [-0.2, 0) is 10.0 Å². The fourth-order valence-electron chi connectivity index (χ4n) is 3.52. The monoisotopic (exact) mass is 414 g/mol. The minimum absolute atomic E-state index is 0.261. The van der Waals surface area contributed by atoms with Crippen molar-refractivity contribution in [2.75, 3.05) is 37.4 Å². The van der Waals surface area contributed by atoms with Crippen LogP contribution in [0.4, 0.5) is 17.3 Å². The zero-order valence-electron chi connectivity index (χ0n) is 17.0. The van der Waals surface area contributed by atoms with E-state index in [2.05, 4.69) is 15.3 Å². The molecule has 0 bridgehead atoms. The Kier molecular flexibility index (Phi) is 5.18. The second kappa shape index (κ2) is 7.64. The molecule has 0 spiro atoms. The van der Waals surface area contributed by atoms with Crippen LogP contribution in [0.25, 0.3) is 5.65 Å². The van der Waals surface area contributed by atoms with Crippen molar-refractivity contribution >= 4 is 33.0 Å². The van der Waals surface area contributed by atoms with Gasteiger partial charge >= 0.3 is 0 Å². The molecule has 4 rings (SSSR count). The molecular formula is C20H26N6O2S. The molecule has 0 amide bonds. The molecule has 0 radical (unpaired) electrons. The van der Waals surface area contributed by atoms with Crippen LogP contribution in [-0.4, -0.2) is 54.5 Å². The first-order valence-electron chi connectivity index (χ1n) is 9.76. The molecular weight excluding hydrogens is 388 g/mol. The molecule has 2 aromatic heterocycles. The lowest BCUT2D eigenvalue weighted by Gasteiger charge is -2.28. The number of piperidine rings is 1. The van der Waals surface area contributed by atoms with Gasteiger partial charge in [-0.25, -0.2) is 17.7 Å². The number of nitrogens with zero attached hydrogens (tertiary/aromatic N) is 5. The van der Waals surface area contributed by atoms with Gasteiger partial charge in [-0.1, -0.05) is 0 Å². The predicted octanol–water partition coefficient (Wildman–Crippen LogP) is 3.02. The zero-order valence-corrected chi connectivity index (χ0v) is 17.8. The Labute approximate surface area is 171 Å². The quantitative estimate of drug-likeness (QED) is 0.691. The van der Waals surface area contributed by atoms with Crippen molar-refractivity contribution in [3.63, 3.8) is 0 Å². The molecule has 1 N–H and O–H groups in total. The van der Waals surface area contributed by atoms with Crippen LogP contribution in [0.1, 0.15) is 25.0 Å². The Bertz CT molecular complexity index is 1120. The first kappa shape index (κ1) is 19.7. The van der Waals surface area contributed by atoms with Crippen LogP contribution in [0.2, 0.25) is 0 Å². The first-order chi connectivity index (χ1) is 13.8. The van der Waals surface area contributed by atoms with E-state index in [9.17, 15) is 8.42 Å². The van der Waals surface area contributed by atoms with Crippen LogP contribution < -0.4 is 10.2 Å². The average Bonchev–Trinajstić information content (AvgIpc) is 3.09. The van der Waals surface area contributed by atoms with Crippen molar-refractivity contribution in [1.29, 1.82) is 0 Å². The number of sulfonamides is 1. The lowest BCUT2D eigenvalue weighted by molar-refractivity contribution is 0.521. The highest BCUT2D eigenvalue weighted by atomic mass is 32.2. The molecule has 1 aliphatic rings. The average molecular weight is 415 g/mol. The topological polar surface area (TPSA) is 82.8 Å². The normalized spacial score (nSPS) is 15.2. The van der Waals surface area contributed by atoms with Crippen molar-refractivity contribution < 1.29 is 8.42 Å². The fourth-order valence-corrected chi connectivity index (χ4v) is 4.42. The molecule has 0 atom stereocenters. The SMILES string of the molecule is Cc1cc2nc(N3CCCCC3)cc(Nc3ccc(S(=O)(=O)N(C)C)cc3)n2n1. The van der Waals surface area contributed by atoms with Crippen LogP contribution >= 0.6 is 0 Å². The minimum atomic E-state index is -3.45. The summed E-state index contributed by atoms with van der Waals surface area (Å²) < 4.78 is 27.5.